The van der Waals surface area contributed by atoms with E-state index in [-0.39, 0.29) is 78.8 Å². The third-order valence-corrected chi connectivity index (χ3v) is 26.2. The zero-order valence-electron chi connectivity index (χ0n) is 80.1. The molecule has 16 aromatic rings. The van der Waals surface area contributed by atoms with E-state index in [2.05, 4.69) is 385 Å². The third-order valence-electron chi connectivity index (χ3n) is 26.2. The number of hydrogen-bond acceptors (Lipinski definition) is 9. The first-order chi connectivity index (χ1) is 62.1. The van der Waals surface area contributed by atoms with Crippen LogP contribution < -0.4 is 0 Å². The molecule has 12 aromatic carbocycles. The van der Waals surface area contributed by atoms with Crippen LogP contribution in [0, 0.1) is 12.1 Å². The summed E-state index contributed by atoms with van der Waals surface area (Å²) in [5, 5.41) is 14.0. The number of benzene rings is 12. The largest absolute Gasteiger partial charge is 0.512 e. The number of fused-ring (bicyclic) bond motifs is 10. The number of rotatable bonds is 20. The molecule has 0 spiro atoms. The first-order valence-electron chi connectivity index (χ1n) is 46.7. The van der Waals surface area contributed by atoms with Crippen LogP contribution in [0.3, 0.4) is 0 Å². The predicted molar refractivity (Wildman–Crippen MR) is 543 cm³/mol. The Bertz CT molecular complexity index is 6760. The van der Waals surface area contributed by atoms with Crippen LogP contribution in [0.15, 0.2) is 273 Å². The van der Waals surface area contributed by atoms with Gasteiger partial charge in [0.15, 0.2) is 34.9 Å². The van der Waals surface area contributed by atoms with Crippen LogP contribution in [0.4, 0.5) is 0 Å². The van der Waals surface area contributed by atoms with E-state index < -0.39 is 5.41 Å². The van der Waals surface area contributed by atoms with Crippen LogP contribution in [0.1, 0.15) is 244 Å². The Morgan fingerprint density at radius 1 is 0.379 bits per heavy atom. The zero-order chi connectivity index (χ0) is 91.8. The average molecular weight is 2090 g/mol. The molecule has 674 valence electrons. The minimum atomic E-state index is -0.403. The van der Waals surface area contributed by atoms with Crippen molar-refractivity contribution >= 4 is 38.2 Å². The summed E-state index contributed by atoms with van der Waals surface area (Å²) in [6.45, 7) is 41.5. The van der Waals surface area contributed by atoms with Crippen LogP contribution in [0.25, 0.3) is 146 Å². The molecule has 0 bridgehead atoms. The van der Waals surface area contributed by atoms with Gasteiger partial charge in [0, 0.05) is 85.2 Å². The van der Waals surface area contributed by atoms with Crippen molar-refractivity contribution < 1.29 is 50.1 Å². The van der Waals surface area contributed by atoms with E-state index in [4.69, 9.17) is 49.8 Å². The van der Waals surface area contributed by atoms with Gasteiger partial charge in [0.1, 0.15) is 0 Å². The Balaban J connectivity index is 0.000000204. The van der Waals surface area contributed by atoms with Gasteiger partial charge in [0.05, 0.1) is 24.3 Å². The van der Waals surface area contributed by atoms with Gasteiger partial charge in [-0.05, 0) is 179 Å². The Labute approximate surface area is 809 Å². The monoisotopic (exact) mass is 2090 g/mol. The molecule has 132 heavy (non-hydrogen) atoms. The summed E-state index contributed by atoms with van der Waals surface area (Å²) in [5.74, 6) is 4.06. The molecule has 10 nitrogen and oxygen atoms in total. The molecule has 2 N–H and O–H groups in total. The van der Waals surface area contributed by atoms with E-state index in [1.165, 1.54) is 166 Å². The number of pyridine rings is 2. The summed E-state index contributed by atoms with van der Waals surface area (Å²) < 4.78 is 0. The quantitative estimate of drug-likeness (QED) is 0.0259. The molecule has 4 heterocycles. The topological polar surface area (TPSA) is 145 Å². The Morgan fingerprint density at radius 2 is 0.818 bits per heavy atom. The molecule has 1 atom stereocenters. The number of aliphatic hydroxyl groups is 1. The molecular formula is C120H123Ir2N8O2-. The van der Waals surface area contributed by atoms with E-state index in [1.54, 1.807) is 0 Å². The van der Waals surface area contributed by atoms with E-state index in [9.17, 15) is 0 Å². The van der Waals surface area contributed by atoms with Crippen LogP contribution in [0.5, 0.6) is 0 Å². The van der Waals surface area contributed by atoms with E-state index in [0.29, 0.717) is 34.9 Å². The number of allylic oxidation sites excluding steroid dienone is 2. The van der Waals surface area contributed by atoms with E-state index in [0.717, 1.165) is 90.4 Å². The smallest absolute Gasteiger partial charge is 0.316 e. The van der Waals surface area contributed by atoms with Crippen LogP contribution >= 0.6 is 0 Å². The molecular weight excluding hydrogens is 1970 g/mol. The van der Waals surface area contributed by atoms with Crippen LogP contribution in [0.2, 0.25) is 0 Å². The standard InChI is InChI=1S/C68H71N4.C47H43N4.C5H8O2.2Ir/c1-10-12-14-16-22-45-40-46(23-17-15-13-11-2)42-53(41-45)68(9)59-39-33-47-24-18-19-25-54(47)61(59)57-38-32-50(43-60(57)68)62-56-27-21-20-26-55(56)58(44-69-62)65-71-63(48-28-34-51(35-29-48)66(3,4)5)70-64(72-65)49-30-36-52(37-31-49)67(6,7)8;1-45(2,3)34-20-13-29(14-21-34)42-49-43(30-15-22-35(23-16-30)46(4,5)6)51-44(50-42)33-19-26-40-31(27-33)18-25-41(48-40)32-17-24-37-36-11-9-10-12-38(36)47(7,8)39(37)28-32;1-4(6)3-5(2)7;;/h18-21,24-31,33-44H,10-17,22-23H2,1-9H3;9-16,18-28H,1-8H3;3,6H,1-2H3;;/q2*-1;;;/p+1. The van der Waals surface area contributed by atoms with Crippen molar-refractivity contribution in [1.82, 2.24) is 39.9 Å². The van der Waals surface area contributed by atoms with Gasteiger partial charge in [-0.25, -0.2) is 29.9 Å². The predicted octanol–water partition coefficient (Wildman–Crippen LogP) is 31.0. The maximum Gasteiger partial charge on any atom is 0.316 e. The minimum absolute atomic E-state index is 0. The van der Waals surface area contributed by atoms with Crippen molar-refractivity contribution in [3.63, 3.8) is 0 Å². The summed E-state index contributed by atoms with van der Waals surface area (Å²) in [6, 6.07) is 100.0. The molecule has 2 aliphatic carbocycles. The third kappa shape index (κ3) is 20.6. The normalized spacial score (nSPS) is 13.8. The van der Waals surface area contributed by atoms with Gasteiger partial charge in [-0.3, -0.25) is 9.78 Å². The molecule has 2 radical (unpaired) electrons. The molecule has 0 amide bonds. The first kappa shape index (κ1) is 96.3. The van der Waals surface area contributed by atoms with Crippen molar-refractivity contribution in [3.05, 3.63) is 346 Å². The van der Waals surface area contributed by atoms with Gasteiger partial charge < -0.3 is 10.1 Å². The number of aliphatic hydroxyl groups excluding tert-OH is 1. The molecule has 0 aliphatic heterocycles. The minimum Gasteiger partial charge on any atom is -0.512 e. The summed E-state index contributed by atoms with van der Waals surface area (Å²) in [4.78, 5) is 49.6. The number of carbonyl (C=O) groups excluding carboxylic acids is 1. The van der Waals surface area contributed by atoms with Gasteiger partial charge in [-0.2, -0.15) is 0 Å². The number of hydrogen-bond donors (Lipinski definition) is 1. The number of nitrogens with zero attached hydrogens (tertiary/aromatic N) is 8. The van der Waals surface area contributed by atoms with Gasteiger partial charge in [-0.15, -0.1) is 58.7 Å². The average Bonchev–Trinajstić information content (AvgIpc) is 1.54. The number of unbranched alkanes of at least 4 members (excludes halogenated alkanes) is 6. The van der Waals surface area contributed by atoms with Crippen molar-refractivity contribution in [1.29, 1.82) is 0 Å². The van der Waals surface area contributed by atoms with Gasteiger partial charge >= 0.3 is 5.78 Å². The summed E-state index contributed by atoms with van der Waals surface area (Å²) in [5.41, 5.74) is 29.8. The fourth-order valence-electron chi connectivity index (χ4n) is 18.6. The molecule has 0 saturated carbocycles. The second-order valence-electron chi connectivity index (χ2n) is 40.5. The van der Waals surface area contributed by atoms with Crippen molar-refractivity contribution in [3.8, 4) is 113 Å². The van der Waals surface area contributed by atoms with Gasteiger partial charge in [0.2, 0.25) is 0 Å². The van der Waals surface area contributed by atoms with Gasteiger partial charge in [-0.1, -0.05) is 378 Å². The Hall–Kier alpha value is -11.8. The molecule has 2 aliphatic rings. The van der Waals surface area contributed by atoms with Crippen molar-refractivity contribution in [2.45, 2.75) is 228 Å². The number of ketones is 1. The molecule has 0 saturated heterocycles. The van der Waals surface area contributed by atoms with Crippen LogP contribution in [-0.2, 0) is 85.5 Å². The van der Waals surface area contributed by atoms with Crippen LogP contribution in [-0.4, -0.2) is 55.6 Å². The maximum atomic E-state index is 8.40. The summed E-state index contributed by atoms with van der Waals surface area (Å²) in [7, 11) is 0. The SMILES string of the molecule is CC(=[OH+])C=C(C)O.CC(C)(C)c1ccc(-c2nc(-c3ccc(C(C)(C)C)cc3)nc(-c3ccc4nc(-c5[c-]cc6c(c5)C(C)(C)c5ccccc5-6)ccc4c3)n2)cc1.CCCCCCc1cc(CCCCCC)cc(C2(C)c3cc(-c4ncc(-c5nc(-c6ccc(C(C)(C)C)cc6)nc(-c6ccc(C(C)(C)C)cc6)n5)c5ccccc45)[c-]cc3-c3c2ccc2ccccc32)c1.[Ir].[Ir]. The zero-order valence-corrected chi connectivity index (χ0v) is 84.9. The summed E-state index contributed by atoms with van der Waals surface area (Å²) >= 11 is 0. The van der Waals surface area contributed by atoms with E-state index in [1.807, 2.05) is 6.20 Å². The molecule has 0 fully saturated rings. The molecule has 18 rings (SSSR count). The summed E-state index contributed by atoms with van der Waals surface area (Å²) in [6.07, 6.45) is 15.5. The second-order valence-corrected chi connectivity index (χ2v) is 40.5. The number of aromatic nitrogens is 8. The molecule has 4 aromatic heterocycles. The molecule has 1 unspecified atom stereocenters. The molecule has 12 heteroatoms. The Morgan fingerprint density at radius 3 is 1.31 bits per heavy atom. The Kier molecular flexibility index (Phi) is 28.9. The van der Waals surface area contributed by atoms with Crippen molar-refractivity contribution in [2.75, 3.05) is 0 Å². The first-order valence-corrected chi connectivity index (χ1v) is 46.7. The number of aryl methyl sites for hydroxylation is 2. The maximum absolute atomic E-state index is 8.40. The second kappa shape index (κ2) is 39.6. The van der Waals surface area contributed by atoms with Crippen molar-refractivity contribution in [2.24, 2.45) is 0 Å². The fraction of sp³-hybridized carbons (Fsp3) is 0.292. The fourth-order valence-corrected chi connectivity index (χ4v) is 18.6. The van der Waals surface area contributed by atoms with E-state index >= 15 is 0 Å². The van der Waals surface area contributed by atoms with Gasteiger partial charge in [0.25, 0.3) is 0 Å².